The summed E-state index contributed by atoms with van der Waals surface area (Å²) in [6, 6.07) is 5.34. The number of aliphatic hydroxyl groups excluding tert-OH is 1. The second-order valence-electron chi connectivity index (χ2n) is 12.6. The summed E-state index contributed by atoms with van der Waals surface area (Å²) in [5, 5.41) is 49.3. The van der Waals surface area contributed by atoms with Crippen molar-refractivity contribution in [3.05, 3.63) is 46.5 Å². The third kappa shape index (κ3) is 15.8. The van der Waals surface area contributed by atoms with Gasteiger partial charge in [0.15, 0.2) is 0 Å². The van der Waals surface area contributed by atoms with Crippen LogP contribution in [0, 0.1) is 0 Å². The van der Waals surface area contributed by atoms with E-state index in [9.17, 15) is 39.9 Å². The zero-order chi connectivity index (χ0) is 33.6. The summed E-state index contributed by atoms with van der Waals surface area (Å²) in [5.74, 6) is -1.48. The molecule has 49 heavy (non-hydrogen) atoms. The number of ketones is 1. The van der Waals surface area contributed by atoms with Crippen molar-refractivity contribution in [2.45, 2.75) is 135 Å². The second-order valence-corrected chi connectivity index (χ2v) is 12.6. The number of hydrogen-bond donors (Lipinski definition) is 5. The van der Waals surface area contributed by atoms with Gasteiger partial charge in [0, 0.05) is 25.0 Å². The molecule has 2 aromatic rings. The van der Waals surface area contributed by atoms with Gasteiger partial charge in [-0.25, -0.2) is 9.59 Å². The number of fused-ring (bicyclic) bond motifs is 2. The number of ether oxygens (including phenoxy) is 2. The fourth-order valence-electron chi connectivity index (χ4n) is 5.99. The predicted octanol–water partition coefficient (Wildman–Crippen LogP) is 7.13. The number of hydrogen-bond acceptors (Lipinski definition) is 10. The van der Waals surface area contributed by atoms with Crippen molar-refractivity contribution >= 4 is 58.2 Å². The summed E-state index contributed by atoms with van der Waals surface area (Å²) in [6.45, 7) is 3.60. The highest BCUT2D eigenvalue weighted by Crippen LogP contribution is 2.31. The Kier molecular flexibility index (Phi) is 22.3. The van der Waals surface area contributed by atoms with Gasteiger partial charge in [0.05, 0.1) is 18.3 Å². The van der Waals surface area contributed by atoms with Crippen LogP contribution in [0.1, 0.15) is 136 Å². The molecule has 0 aliphatic carbocycles. The van der Waals surface area contributed by atoms with E-state index in [4.69, 9.17) is 9.47 Å². The van der Waals surface area contributed by atoms with Crippen molar-refractivity contribution in [2.75, 3.05) is 0 Å². The SMILES string of the molecule is CC1CCCC(=O)CCCCCc2cc(O)cc(O)c2C(=O)O1.CC1CCCC(O)CCCCCc2cc(O)cc(O)c2C(=O)O1.S.S.S. The minimum atomic E-state index is -0.576. The Bertz CT molecular complexity index is 1340. The maximum absolute atomic E-state index is 12.4. The Labute approximate surface area is 311 Å². The maximum Gasteiger partial charge on any atom is 0.342 e. The Morgan fingerprint density at radius 3 is 1.45 bits per heavy atom. The molecular weight excluding hydrogens is 689 g/mol. The lowest BCUT2D eigenvalue weighted by molar-refractivity contribution is -0.119. The van der Waals surface area contributed by atoms with Crippen LogP contribution < -0.4 is 0 Å². The Morgan fingerprint density at radius 2 is 0.939 bits per heavy atom. The van der Waals surface area contributed by atoms with Crippen molar-refractivity contribution in [1.82, 2.24) is 0 Å². The molecular formula is C36H56O10S3. The number of phenols is 4. The van der Waals surface area contributed by atoms with Crippen LogP contribution in [0.5, 0.6) is 23.0 Å². The van der Waals surface area contributed by atoms with E-state index < -0.39 is 11.9 Å². The van der Waals surface area contributed by atoms with Crippen LogP contribution in [0.2, 0.25) is 0 Å². The third-order valence-corrected chi connectivity index (χ3v) is 8.49. The smallest absolute Gasteiger partial charge is 0.342 e. The number of carbonyl (C=O) groups is 3. The number of phenolic OH excluding ortho intramolecular Hbond substituents is 4. The molecule has 4 rings (SSSR count). The maximum atomic E-state index is 12.4. The van der Waals surface area contributed by atoms with Gasteiger partial charge < -0.3 is 35.0 Å². The third-order valence-electron chi connectivity index (χ3n) is 8.49. The van der Waals surface area contributed by atoms with Crippen molar-refractivity contribution in [1.29, 1.82) is 0 Å². The van der Waals surface area contributed by atoms with Gasteiger partial charge in [-0.3, -0.25) is 4.79 Å². The number of esters is 2. The molecule has 0 radical (unpaired) electrons. The lowest BCUT2D eigenvalue weighted by atomic mass is 9.97. The van der Waals surface area contributed by atoms with Crippen molar-refractivity contribution in [3.63, 3.8) is 0 Å². The first-order chi connectivity index (χ1) is 21.9. The van der Waals surface area contributed by atoms with E-state index in [1.807, 2.05) is 6.92 Å². The number of carbonyl (C=O) groups excluding carboxylic acids is 3. The van der Waals surface area contributed by atoms with Crippen LogP contribution in [0.4, 0.5) is 0 Å². The molecule has 0 bridgehead atoms. The van der Waals surface area contributed by atoms with Crippen LogP contribution in [0.25, 0.3) is 0 Å². The number of cyclic esters (lactones) is 2. The van der Waals surface area contributed by atoms with Gasteiger partial charge in [-0.15, -0.1) is 0 Å². The fraction of sp³-hybridized carbons (Fsp3) is 0.583. The van der Waals surface area contributed by atoms with Crippen LogP contribution in [0.15, 0.2) is 24.3 Å². The van der Waals surface area contributed by atoms with Gasteiger partial charge in [0.25, 0.3) is 0 Å². The normalized spacial score (nSPS) is 21.4. The lowest BCUT2D eigenvalue weighted by Gasteiger charge is -2.18. The van der Waals surface area contributed by atoms with E-state index >= 15 is 0 Å². The molecule has 0 saturated carbocycles. The van der Waals surface area contributed by atoms with Gasteiger partial charge in [0.2, 0.25) is 0 Å². The number of rotatable bonds is 0. The minimum Gasteiger partial charge on any atom is -0.508 e. The van der Waals surface area contributed by atoms with Gasteiger partial charge in [-0.05, 0) is 108 Å². The van der Waals surface area contributed by atoms with Gasteiger partial charge in [-0.2, -0.15) is 40.5 Å². The average molecular weight is 745 g/mol. The molecule has 3 atom stereocenters. The summed E-state index contributed by atoms with van der Waals surface area (Å²) in [7, 11) is 0. The minimum absolute atomic E-state index is 0. The molecule has 0 aromatic heterocycles. The number of aryl methyl sites for hydroxylation is 2. The topological polar surface area (TPSA) is 171 Å². The standard InChI is InChI=1S/C18H26O5.C18H24O5.3H2S/c2*1-12-6-5-9-14(19)8-4-2-3-7-13-10-15(20)11-16(21)17(13)18(22)23-12;;;/h10-12,14,19-21H,2-9H2,1H3;10-12,20-21H,2-9H2,1H3;3*1H2. The molecule has 2 aliphatic heterocycles. The molecule has 10 nitrogen and oxygen atoms in total. The summed E-state index contributed by atoms with van der Waals surface area (Å²) in [5.41, 5.74) is 1.50. The van der Waals surface area contributed by atoms with E-state index in [1.54, 1.807) is 6.92 Å². The summed E-state index contributed by atoms with van der Waals surface area (Å²) in [6.07, 6.45) is 10.8. The quantitative estimate of drug-likeness (QED) is 0.175. The highest BCUT2D eigenvalue weighted by atomic mass is 32.1. The molecule has 5 N–H and O–H groups in total. The van der Waals surface area contributed by atoms with E-state index in [2.05, 4.69) is 0 Å². The van der Waals surface area contributed by atoms with E-state index in [-0.39, 0.29) is 98.7 Å². The van der Waals surface area contributed by atoms with Crippen LogP contribution >= 0.6 is 40.5 Å². The van der Waals surface area contributed by atoms with E-state index in [1.165, 1.54) is 18.2 Å². The molecule has 2 aliphatic rings. The van der Waals surface area contributed by atoms with Gasteiger partial charge >= 0.3 is 11.9 Å². The van der Waals surface area contributed by atoms with E-state index in [0.29, 0.717) is 56.1 Å². The van der Waals surface area contributed by atoms with Crippen LogP contribution in [-0.4, -0.2) is 61.6 Å². The highest BCUT2D eigenvalue weighted by molar-refractivity contribution is 7.59. The molecule has 13 heteroatoms. The Morgan fingerprint density at radius 1 is 0.531 bits per heavy atom. The van der Waals surface area contributed by atoms with Crippen LogP contribution in [-0.2, 0) is 27.1 Å². The molecule has 2 aromatic carbocycles. The second kappa shape index (κ2) is 23.6. The average Bonchev–Trinajstić information content (AvgIpc) is 2.95. The first-order valence-corrected chi connectivity index (χ1v) is 16.7. The Balaban J connectivity index is 0.000000886. The first-order valence-electron chi connectivity index (χ1n) is 16.7. The van der Waals surface area contributed by atoms with Gasteiger partial charge in [0.1, 0.15) is 39.9 Å². The zero-order valence-electron chi connectivity index (χ0n) is 28.6. The van der Waals surface area contributed by atoms with Crippen LogP contribution in [0.3, 0.4) is 0 Å². The largest absolute Gasteiger partial charge is 0.508 e. The molecule has 0 amide bonds. The van der Waals surface area contributed by atoms with Crippen molar-refractivity contribution < 1.29 is 49.4 Å². The molecule has 2 heterocycles. The zero-order valence-corrected chi connectivity index (χ0v) is 31.6. The first kappa shape index (κ1) is 46.3. The summed E-state index contributed by atoms with van der Waals surface area (Å²) >= 11 is 0. The number of aromatic hydroxyl groups is 4. The van der Waals surface area contributed by atoms with Gasteiger partial charge in [-0.1, -0.05) is 19.3 Å². The van der Waals surface area contributed by atoms with E-state index in [0.717, 1.165) is 63.9 Å². The fourth-order valence-corrected chi connectivity index (χ4v) is 5.99. The van der Waals surface area contributed by atoms with Crippen molar-refractivity contribution in [2.24, 2.45) is 0 Å². The number of benzene rings is 2. The lowest BCUT2D eigenvalue weighted by Crippen LogP contribution is -2.18. The predicted molar refractivity (Wildman–Crippen MR) is 204 cm³/mol. The number of Topliss-reactive ketones (excluding diaryl/α,β-unsaturated/α-hetero) is 1. The molecule has 0 spiro atoms. The molecule has 3 unspecified atom stereocenters. The molecule has 278 valence electrons. The number of aliphatic hydroxyl groups is 1. The summed E-state index contributed by atoms with van der Waals surface area (Å²) < 4.78 is 10.8. The Hall–Kier alpha value is -2.74. The summed E-state index contributed by atoms with van der Waals surface area (Å²) in [4.78, 5) is 36.5. The monoisotopic (exact) mass is 744 g/mol. The van der Waals surface area contributed by atoms with Crippen molar-refractivity contribution in [3.8, 4) is 23.0 Å². The highest BCUT2D eigenvalue weighted by Gasteiger charge is 2.23. The molecule has 0 saturated heterocycles. The molecule has 0 fully saturated rings.